The Morgan fingerprint density at radius 3 is 1.91 bits per heavy atom. The number of ether oxygens (including phenoxy) is 1. The van der Waals surface area contributed by atoms with Crippen molar-refractivity contribution in [3.63, 3.8) is 0 Å². The van der Waals surface area contributed by atoms with Crippen molar-refractivity contribution >= 4 is 0 Å². The summed E-state index contributed by atoms with van der Waals surface area (Å²) in [6.07, 6.45) is 6.62. The van der Waals surface area contributed by atoms with Gasteiger partial charge in [-0.1, -0.05) is 39.5 Å². The van der Waals surface area contributed by atoms with Gasteiger partial charge in [0, 0.05) is 13.7 Å². The van der Waals surface area contributed by atoms with E-state index in [1.807, 2.05) is 0 Å². The third-order valence-electron chi connectivity index (χ3n) is 2.12. The second-order valence-electron chi connectivity index (χ2n) is 3.22. The third kappa shape index (κ3) is 6.36. The second-order valence-corrected chi connectivity index (χ2v) is 3.22. The van der Waals surface area contributed by atoms with E-state index in [0.717, 1.165) is 12.5 Å². The van der Waals surface area contributed by atoms with E-state index in [1.165, 1.54) is 32.1 Å². The van der Waals surface area contributed by atoms with E-state index in [1.54, 1.807) is 7.11 Å². The van der Waals surface area contributed by atoms with E-state index < -0.39 is 0 Å². The summed E-state index contributed by atoms with van der Waals surface area (Å²) in [6.45, 7) is 5.45. The molecule has 0 atom stereocenters. The molecule has 0 aliphatic rings. The minimum atomic E-state index is 0.907. The molecule has 0 rings (SSSR count). The summed E-state index contributed by atoms with van der Waals surface area (Å²) < 4.78 is 5.06. The molecule has 0 amide bonds. The fourth-order valence-electron chi connectivity index (χ4n) is 1.53. The minimum Gasteiger partial charge on any atom is -0.385 e. The van der Waals surface area contributed by atoms with Crippen molar-refractivity contribution in [3.8, 4) is 0 Å². The standard InChI is InChI=1S/C10H22O/c1-4-6-10(7-5-2)8-9-11-3/h10H,4-9H2,1-3H3. The molecule has 68 valence electrons. The van der Waals surface area contributed by atoms with Crippen LogP contribution in [0.2, 0.25) is 0 Å². The first kappa shape index (κ1) is 11.0. The summed E-state index contributed by atoms with van der Waals surface area (Å²) in [5, 5.41) is 0. The molecule has 0 saturated heterocycles. The number of methoxy groups -OCH3 is 1. The number of hydrogen-bond acceptors (Lipinski definition) is 1. The molecule has 0 radical (unpaired) electrons. The Labute approximate surface area is 71.1 Å². The van der Waals surface area contributed by atoms with Gasteiger partial charge >= 0.3 is 0 Å². The maximum Gasteiger partial charge on any atom is 0.0464 e. The van der Waals surface area contributed by atoms with Crippen LogP contribution in [0.25, 0.3) is 0 Å². The van der Waals surface area contributed by atoms with E-state index in [2.05, 4.69) is 13.8 Å². The Bertz CT molecular complexity index is 65.3. The maximum atomic E-state index is 5.06. The molecular formula is C10H22O. The zero-order chi connectivity index (χ0) is 8.53. The Balaban J connectivity index is 3.34. The normalized spacial score (nSPS) is 10.9. The van der Waals surface area contributed by atoms with Gasteiger partial charge in [-0.3, -0.25) is 0 Å². The monoisotopic (exact) mass is 158 g/mol. The molecule has 0 N–H and O–H groups in total. The summed E-state index contributed by atoms with van der Waals surface area (Å²) in [6, 6.07) is 0. The predicted octanol–water partition coefficient (Wildman–Crippen LogP) is 3.24. The molecule has 0 aliphatic heterocycles. The average Bonchev–Trinajstić information content (AvgIpc) is 2.01. The van der Waals surface area contributed by atoms with Gasteiger partial charge in [-0.2, -0.15) is 0 Å². The zero-order valence-electron chi connectivity index (χ0n) is 8.23. The first-order valence-electron chi connectivity index (χ1n) is 4.84. The molecule has 0 aromatic heterocycles. The molecule has 0 aliphatic carbocycles. The highest BCUT2D eigenvalue weighted by Gasteiger charge is 2.04. The van der Waals surface area contributed by atoms with Crippen LogP contribution in [0.4, 0.5) is 0 Å². The average molecular weight is 158 g/mol. The lowest BCUT2D eigenvalue weighted by Crippen LogP contribution is -2.03. The van der Waals surface area contributed by atoms with Gasteiger partial charge in [0.05, 0.1) is 0 Å². The van der Waals surface area contributed by atoms with Crippen LogP contribution in [0.1, 0.15) is 46.0 Å². The molecular weight excluding hydrogens is 136 g/mol. The smallest absolute Gasteiger partial charge is 0.0464 e. The van der Waals surface area contributed by atoms with Gasteiger partial charge in [0.1, 0.15) is 0 Å². The lowest BCUT2D eigenvalue weighted by Gasteiger charge is -2.13. The molecule has 0 saturated carbocycles. The quantitative estimate of drug-likeness (QED) is 0.552. The van der Waals surface area contributed by atoms with Crippen molar-refractivity contribution in [1.82, 2.24) is 0 Å². The van der Waals surface area contributed by atoms with Crippen LogP contribution >= 0.6 is 0 Å². The van der Waals surface area contributed by atoms with Crippen molar-refractivity contribution in [1.29, 1.82) is 0 Å². The molecule has 0 spiro atoms. The fraction of sp³-hybridized carbons (Fsp3) is 1.00. The van der Waals surface area contributed by atoms with E-state index in [4.69, 9.17) is 4.74 Å². The van der Waals surface area contributed by atoms with Gasteiger partial charge in [-0.05, 0) is 12.3 Å². The minimum absolute atomic E-state index is 0.907. The summed E-state index contributed by atoms with van der Waals surface area (Å²) in [5.74, 6) is 0.907. The third-order valence-corrected chi connectivity index (χ3v) is 2.12. The fourth-order valence-corrected chi connectivity index (χ4v) is 1.53. The Kier molecular flexibility index (Phi) is 8.03. The molecule has 0 fully saturated rings. The maximum absolute atomic E-state index is 5.06. The zero-order valence-corrected chi connectivity index (χ0v) is 8.23. The van der Waals surface area contributed by atoms with Crippen molar-refractivity contribution in [2.24, 2.45) is 5.92 Å². The summed E-state index contributed by atoms with van der Waals surface area (Å²) in [4.78, 5) is 0. The van der Waals surface area contributed by atoms with Gasteiger partial charge in [0.15, 0.2) is 0 Å². The first-order chi connectivity index (χ1) is 5.35. The van der Waals surface area contributed by atoms with Crippen molar-refractivity contribution < 1.29 is 4.74 Å². The molecule has 0 aromatic rings. The molecule has 1 heteroatoms. The molecule has 0 bridgehead atoms. The van der Waals surface area contributed by atoms with Crippen LogP contribution in [0.3, 0.4) is 0 Å². The molecule has 11 heavy (non-hydrogen) atoms. The van der Waals surface area contributed by atoms with Gasteiger partial charge in [-0.25, -0.2) is 0 Å². The van der Waals surface area contributed by atoms with Crippen LogP contribution in [0, 0.1) is 5.92 Å². The van der Waals surface area contributed by atoms with E-state index in [-0.39, 0.29) is 0 Å². The highest BCUT2D eigenvalue weighted by atomic mass is 16.5. The van der Waals surface area contributed by atoms with Crippen molar-refractivity contribution in [3.05, 3.63) is 0 Å². The largest absolute Gasteiger partial charge is 0.385 e. The highest BCUT2D eigenvalue weighted by molar-refractivity contribution is 4.57. The van der Waals surface area contributed by atoms with Crippen LogP contribution in [-0.4, -0.2) is 13.7 Å². The SMILES string of the molecule is CCCC(CCC)CCOC. The predicted molar refractivity (Wildman–Crippen MR) is 49.8 cm³/mol. The topological polar surface area (TPSA) is 9.23 Å². The van der Waals surface area contributed by atoms with Gasteiger partial charge < -0.3 is 4.74 Å². The van der Waals surface area contributed by atoms with Crippen LogP contribution in [0.15, 0.2) is 0 Å². The molecule has 1 nitrogen and oxygen atoms in total. The van der Waals surface area contributed by atoms with Crippen LogP contribution in [-0.2, 0) is 4.74 Å². The van der Waals surface area contributed by atoms with Crippen molar-refractivity contribution in [2.75, 3.05) is 13.7 Å². The molecule has 0 heterocycles. The van der Waals surface area contributed by atoms with Gasteiger partial charge in [0.2, 0.25) is 0 Å². The summed E-state index contributed by atoms with van der Waals surface area (Å²) >= 11 is 0. The number of hydrogen-bond donors (Lipinski definition) is 0. The first-order valence-corrected chi connectivity index (χ1v) is 4.84. The Morgan fingerprint density at radius 2 is 1.55 bits per heavy atom. The van der Waals surface area contributed by atoms with E-state index >= 15 is 0 Å². The molecule has 0 unspecified atom stereocenters. The summed E-state index contributed by atoms with van der Waals surface area (Å²) in [5.41, 5.74) is 0. The van der Waals surface area contributed by atoms with Crippen LogP contribution in [0.5, 0.6) is 0 Å². The van der Waals surface area contributed by atoms with Crippen molar-refractivity contribution in [2.45, 2.75) is 46.0 Å². The number of rotatable bonds is 7. The molecule has 0 aromatic carbocycles. The Morgan fingerprint density at radius 1 is 1.00 bits per heavy atom. The lowest BCUT2D eigenvalue weighted by molar-refractivity contribution is 0.172. The van der Waals surface area contributed by atoms with E-state index in [0.29, 0.717) is 0 Å². The van der Waals surface area contributed by atoms with E-state index in [9.17, 15) is 0 Å². The lowest BCUT2D eigenvalue weighted by atomic mass is 9.95. The highest BCUT2D eigenvalue weighted by Crippen LogP contribution is 2.16. The summed E-state index contributed by atoms with van der Waals surface area (Å²) in [7, 11) is 1.79. The van der Waals surface area contributed by atoms with Crippen LogP contribution < -0.4 is 0 Å². The second kappa shape index (κ2) is 8.06. The van der Waals surface area contributed by atoms with Gasteiger partial charge in [0.25, 0.3) is 0 Å². The van der Waals surface area contributed by atoms with Gasteiger partial charge in [-0.15, -0.1) is 0 Å². The Hall–Kier alpha value is -0.0400.